The third kappa shape index (κ3) is 3.23. The minimum Gasteiger partial charge on any atom is -0.297 e. The van der Waals surface area contributed by atoms with E-state index in [1.54, 1.807) is 0 Å². The highest BCUT2D eigenvalue weighted by molar-refractivity contribution is 6.21. The van der Waals surface area contributed by atoms with E-state index < -0.39 is 23.6 Å². The lowest BCUT2D eigenvalue weighted by atomic mass is 10.1. The van der Waals surface area contributed by atoms with Gasteiger partial charge < -0.3 is 0 Å². The van der Waals surface area contributed by atoms with Gasteiger partial charge in [-0.15, -0.1) is 0 Å². The van der Waals surface area contributed by atoms with Crippen LogP contribution in [0.5, 0.6) is 0 Å². The molecule has 2 aromatic rings. The van der Waals surface area contributed by atoms with Crippen LogP contribution in [-0.2, 0) is 12.7 Å². The van der Waals surface area contributed by atoms with Crippen molar-refractivity contribution in [2.45, 2.75) is 25.2 Å². The molecule has 2 heterocycles. The van der Waals surface area contributed by atoms with E-state index in [-0.39, 0.29) is 17.2 Å². The van der Waals surface area contributed by atoms with Crippen molar-refractivity contribution in [3.63, 3.8) is 0 Å². The summed E-state index contributed by atoms with van der Waals surface area (Å²) in [5.74, 6) is -1.14. The van der Waals surface area contributed by atoms with Crippen LogP contribution >= 0.6 is 0 Å². The summed E-state index contributed by atoms with van der Waals surface area (Å²) in [6.07, 6.45) is -3.93. The number of halogens is 3. The van der Waals surface area contributed by atoms with Crippen LogP contribution in [0, 0.1) is 0 Å². The zero-order valence-electron chi connectivity index (χ0n) is 14.4. The number of alkyl halides is 3. The molecule has 0 radical (unpaired) electrons. The van der Waals surface area contributed by atoms with Crippen molar-refractivity contribution in [2.75, 3.05) is 13.1 Å². The summed E-state index contributed by atoms with van der Waals surface area (Å²) >= 11 is 0. The van der Waals surface area contributed by atoms with Crippen molar-refractivity contribution in [1.82, 2.24) is 9.80 Å². The van der Waals surface area contributed by atoms with Gasteiger partial charge in [-0.3, -0.25) is 19.4 Å². The fourth-order valence-electron chi connectivity index (χ4n) is 3.78. The zero-order chi connectivity index (χ0) is 19.2. The number of imide groups is 1. The average molecular weight is 374 g/mol. The molecule has 0 saturated carbocycles. The maximum absolute atomic E-state index is 12.9. The van der Waals surface area contributed by atoms with Gasteiger partial charge >= 0.3 is 6.18 Å². The van der Waals surface area contributed by atoms with Crippen molar-refractivity contribution in [3.05, 3.63) is 70.8 Å². The van der Waals surface area contributed by atoms with Crippen molar-refractivity contribution in [2.24, 2.45) is 0 Å². The second-order valence-corrected chi connectivity index (χ2v) is 6.90. The Balaban J connectivity index is 1.52. The number of hydrogen-bond donors (Lipinski definition) is 0. The lowest BCUT2D eigenvalue weighted by Crippen LogP contribution is -2.41. The van der Waals surface area contributed by atoms with Crippen LogP contribution in [0.1, 0.15) is 38.3 Å². The van der Waals surface area contributed by atoms with Gasteiger partial charge in [0.2, 0.25) is 0 Å². The van der Waals surface area contributed by atoms with Gasteiger partial charge in [-0.2, -0.15) is 13.2 Å². The number of benzene rings is 2. The lowest BCUT2D eigenvalue weighted by molar-refractivity contribution is -0.137. The highest BCUT2D eigenvalue weighted by Crippen LogP contribution is 2.34. The molecular formula is C20H17F3N2O2. The molecule has 7 heteroatoms. The van der Waals surface area contributed by atoms with Gasteiger partial charge in [-0.25, -0.2) is 0 Å². The monoisotopic (exact) mass is 374 g/mol. The smallest absolute Gasteiger partial charge is 0.297 e. The summed E-state index contributed by atoms with van der Waals surface area (Å²) in [6, 6.07) is 12.3. The highest BCUT2D eigenvalue weighted by atomic mass is 19.4. The Morgan fingerprint density at radius 2 is 1.67 bits per heavy atom. The van der Waals surface area contributed by atoms with E-state index in [1.165, 1.54) is 0 Å². The first-order valence-corrected chi connectivity index (χ1v) is 8.70. The molecule has 4 nitrogen and oxygen atoms in total. The first kappa shape index (κ1) is 17.7. The normalized spacial score (nSPS) is 20.4. The first-order valence-electron chi connectivity index (χ1n) is 8.70. The van der Waals surface area contributed by atoms with Gasteiger partial charge in [0.1, 0.15) is 0 Å². The SMILES string of the molecule is O=C1c2ccc(C(F)(F)F)cc2C(=O)N1C1CCN(Cc2ccccc2)C1. The van der Waals surface area contributed by atoms with E-state index >= 15 is 0 Å². The lowest BCUT2D eigenvalue weighted by Gasteiger charge is -2.22. The molecule has 2 aromatic carbocycles. The van der Waals surface area contributed by atoms with E-state index in [1.807, 2.05) is 30.3 Å². The van der Waals surface area contributed by atoms with E-state index in [4.69, 9.17) is 0 Å². The molecule has 0 aliphatic carbocycles. The number of fused-ring (bicyclic) bond motifs is 1. The fraction of sp³-hybridized carbons (Fsp3) is 0.300. The molecule has 0 bridgehead atoms. The van der Waals surface area contributed by atoms with Crippen LogP contribution in [0.4, 0.5) is 13.2 Å². The van der Waals surface area contributed by atoms with Crippen LogP contribution in [0.3, 0.4) is 0 Å². The van der Waals surface area contributed by atoms with Gasteiger partial charge in [0.15, 0.2) is 0 Å². The molecule has 1 unspecified atom stereocenters. The molecular weight excluding hydrogens is 357 g/mol. The summed E-state index contributed by atoms with van der Waals surface area (Å²) in [5.41, 5.74) is 0.113. The van der Waals surface area contributed by atoms with Crippen LogP contribution in [0.25, 0.3) is 0 Å². The first-order chi connectivity index (χ1) is 12.8. The Hall–Kier alpha value is -2.67. The summed E-state index contributed by atoms with van der Waals surface area (Å²) in [5, 5.41) is 0. The zero-order valence-corrected chi connectivity index (χ0v) is 14.4. The Morgan fingerprint density at radius 3 is 2.37 bits per heavy atom. The quantitative estimate of drug-likeness (QED) is 0.771. The molecule has 27 heavy (non-hydrogen) atoms. The highest BCUT2D eigenvalue weighted by Gasteiger charge is 2.43. The minimum atomic E-state index is -4.55. The number of rotatable bonds is 3. The second kappa shape index (κ2) is 6.49. The van der Waals surface area contributed by atoms with E-state index in [0.29, 0.717) is 19.5 Å². The summed E-state index contributed by atoms with van der Waals surface area (Å²) in [4.78, 5) is 28.6. The Kier molecular flexibility index (Phi) is 4.26. The molecule has 1 atom stereocenters. The Labute approximate surface area is 154 Å². The van der Waals surface area contributed by atoms with Crippen LogP contribution in [0.2, 0.25) is 0 Å². The van der Waals surface area contributed by atoms with Crippen LogP contribution in [-0.4, -0.2) is 40.7 Å². The maximum atomic E-state index is 12.9. The average Bonchev–Trinajstić information content (AvgIpc) is 3.18. The predicted molar refractivity (Wildman–Crippen MR) is 92.1 cm³/mol. The maximum Gasteiger partial charge on any atom is 0.416 e. The van der Waals surface area contributed by atoms with Crippen LogP contribution in [0.15, 0.2) is 48.5 Å². The summed E-state index contributed by atoms with van der Waals surface area (Å²) in [7, 11) is 0. The number of nitrogens with zero attached hydrogens (tertiary/aromatic N) is 2. The molecule has 1 fully saturated rings. The van der Waals surface area contributed by atoms with Crippen LogP contribution < -0.4 is 0 Å². The number of likely N-dealkylation sites (tertiary alicyclic amines) is 1. The summed E-state index contributed by atoms with van der Waals surface area (Å²) in [6.45, 7) is 1.95. The fourth-order valence-corrected chi connectivity index (χ4v) is 3.78. The predicted octanol–water partition coefficient (Wildman–Crippen LogP) is 3.58. The molecule has 2 amide bonds. The summed E-state index contributed by atoms with van der Waals surface area (Å²) < 4.78 is 38.8. The number of carbonyl (C=O) groups is 2. The molecule has 0 spiro atoms. The third-order valence-electron chi connectivity index (χ3n) is 5.11. The number of hydrogen-bond acceptors (Lipinski definition) is 3. The van der Waals surface area contributed by atoms with Gasteiger partial charge in [0.25, 0.3) is 11.8 Å². The van der Waals surface area contributed by atoms with Crippen molar-refractivity contribution in [3.8, 4) is 0 Å². The molecule has 1 saturated heterocycles. The molecule has 2 aliphatic rings. The van der Waals surface area contributed by atoms with Gasteiger partial charge in [-0.05, 0) is 30.2 Å². The van der Waals surface area contributed by atoms with Crippen molar-refractivity contribution >= 4 is 11.8 Å². The van der Waals surface area contributed by atoms with Gasteiger partial charge in [0, 0.05) is 19.6 Å². The van der Waals surface area contributed by atoms with Crippen molar-refractivity contribution in [1.29, 1.82) is 0 Å². The topological polar surface area (TPSA) is 40.6 Å². The number of carbonyl (C=O) groups excluding carboxylic acids is 2. The molecule has 4 rings (SSSR count). The van der Waals surface area contributed by atoms with E-state index in [9.17, 15) is 22.8 Å². The second-order valence-electron chi connectivity index (χ2n) is 6.90. The molecule has 0 aromatic heterocycles. The molecule has 2 aliphatic heterocycles. The van der Waals surface area contributed by atoms with E-state index in [2.05, 4.69) is 4.90 Å². The largest absolute Gasteiger partial charge is 0.416 e. The van der Waals surface area contributed by atoms with Gasteiger partial charge in [0.05, 0.1) is 22.7 Å². The molecule has 140 valence electrons. The Morgan fingerprint density at radius 1 is 0.963 bits per heavy atom. The van der Waals surface area contributed by atoms with E-state index in [0.717, 1.165) is 35.2 Å². The molecule has 0 N–H and O–H groups in total. The third-order valence-corrected chi connectivity index (χ3v) is 5.11. The standard InChI is InChI=1S/C20H17F3N2O2/c21-20(22,23)14-6-7-16-17(10-14)19(27)25(18(16)26)15-8-9-24(12-15)11-13-4-2-1-3-5-13/h1-7,10,15H,8-9,11-12H2. The number of amides is 2. The Bertz CT molecular complexity index is 896. The van der Waals surface area contributed by atoms with Gasteiger partial charge in [-0.1, -0.05) is 30.3 Å². The van der Waals surface area contributed by atoms with Crippen molar-refractivity contribution < 1.29 is 22.8 Å². The minimum absolute atomic E-state index is 0.0505.